The molecule has 0 fully saturated rings. The van der Waals surface area contributed by atoms with Gasteiger partial charge >= 0.3 is 17.9 Å². The second-order valence-electron chi connectivity index (χ2n) is 19.5. The maximum Gasteiger partial charge on any atom is 0.306 e. The summed E-state index contributed by atoms with van der Waals surface area (Å²) in [6.07, 6.45) is 96.2. The molecule has 434 valence electrons. The van der Waals surface area contributed by atoms with Gasteiger partial charge in [-0.2, -0.15) is 0 Å². The van der Waals surface area contributed by atoms with Crippen molar-refractivity contribution in [3.63, 3.8) is 0 Å². The van der Waals surface area contributed by atoms with Crippen LogP contribution in [-0.2, 0) is 28.6 Å². The molecular weight excluding hydrogens is 961 g/mol. The van der Waals surface area contributed by atoms with Crippen LogP contribution in [0, 0.1) is 0 Å². The summed E-state index contributed by atoms with van der Waals surface area (Å²) in [7, 11) is 0. The Bertz CT molecular complexity index is 1850. The average Bonchev–Trinajstić information content (AvgIpc) is 3.44. The van der Waals surface area contributed by atoms with Crippen molar-refractivity contribution in [2.24, 2.45) is 0 Å². The van der Waals surface area contributed by atoms with E-state index >= 15 is 0 Å². The van der Waals surface area contributed by atoms with Crippen LogP contribution in [-0.4, -0.2) is 37.2 Å². The van der Waals surface area contributed by atoms with Crippen molar-refractivity contribution >= 4 is 17.9 Å². The SMILES string of the molecule is CC/C=C\C/C=C\C/C=C\C/C=C\C/C=C\C/C=C\C/C=C\C/C=C\C/C=C\CCCCCC(=O)OCC(COC(=O)CCCCCCCCCC)OC(=O)CCCC/C=C\C/C=C\C/C=C\C/C=C\C/C=C\C/C=C\CC. The third-order valence-electron chi connectivity index (χ3n) is 12.2. The van der Waals surface area contributed by atoms with E-state index in [9.17, 15) is 14.4 Å². The quantitative estimate of drug-likeness (QED) is 0.0261. The molecule has 0 aliphatic rings. The van der Waals surface area contributed by atoms with Crippen molar-refractivity contribution in [1.29, 1.82) is 0 Å². The topological polar surface area (TPSA) is 78.9 Å². The maximum absolute atomic E-state index is 12.8. The summed E-state index contributed by atoms with van der Waals surface area (Å²) < 4.78 is 16.8. The molecular formula is C72H110O6. The van der Waals surface area contributed by atoms with Crippen LogP contribution in [0.2, 0.25) is 0 Å². The number of unbranched alkanes of at least 4 members (excludes halogenated alkanes) is 12. The first kappa shape index (κ1) is 72.5. The van der Waals surface area contributed by atoms with Gasteiger partial charge in [-0.25, -0.2) is 0 Å². The molecule has 0 amide bonds. The Kier molecular flexibility index (Phi) is 59.5. The summed E-state index contributed by atoms with van der Waals surface area (Å²) in [6.45, 7) is 6.29. The zero-order valence-corrected chi connectivity index (χ0v) is 49.6. The minimum Gasteiger partial charge on any atom is -0.462 e. The second-order valence-corrected chi connectivity index (χ2v) is 19.5. The van der Waals surface area contributed by atoms with E-state index in [1.54, 1.807) is 0 Å². The number of hydrogen-bond acceptors (Lipinski definition) is 6. The number of ether oxygens (including phenoxy) is 3. The molecule has 1 atom stereocenters. The van der Waals surface area contributed by atoms with Crippen LogP contribution < -0.4 is 0 Å². The lowest BCUT2D eigenvalue weighted by molar-refractivity contribution is -0.167. The van der Waals surface area contributed by atoms with Gasteiger partial charge in [0, 0.05) is 19.3 Å². The molecule has 0 N–H and O–H groups in total. The van der Waals surface area contributed by atoms with Gasteiger partial charge in [0.15, 0.2) is 6.10 Å². The number of rotatable bonds is 53. The van der Waals surface area contributed by atoms with E-state index in [0.29, 0.717) is 19.3 Å². The van der Waals surface area contributed by atoms with Crippen molar-refractivity contribution in [1.82, 2.24) is 0 Å². The van der Waals surface area contributed by atoms with Crippen molar-refractivity contribution in [3.8, 4) is 0 Å². The molecule has 78 heavy (non-hydrogen) atoms. The number of allylic oxidation sites excluding steroid dienone is 30. The molecule has 0 aromatic heterocycles. The van der Waals surface area contributed by atoms with Gasteiger partial charge in [0.1, 0.15) is 13.2 Å². The smallest absolute Gasteiger partial charge is 0.306 e. The van der Waals surface area contributed by atoms with Crippen LogP contribution in [0.4, 0.5) is 0 Å². The molecule has 0 aromatic rings. The predicted octanol–water partition coefficient (Wildman–Crippen LogP) is 21.3. The minimum atomic E-state index is -0.823. The van der Waals surface area contributed by atoms with Gasteiger partial charge in [0.2, 0.25) is 0 Å². The fourth-order valence-corrected chi connectivity index (χ4v) is 7.61. The summed E-state index contributed by atoms with van der Waals surface area (Å²) in [5.74, 6) is -1.01. The highest BCUT2D eigenvalue weighted by molar-refractivity contribution is 5.71. The molecule has 1 unspecified atom stereocenters. The summed E-state index contributed by atoms with van der Waals surface area (Å²) >= 11 is 0. The molecule has 0 saturated heterocycles. The van der Waals surface area contributed by atoms with Crippen molar-refractivity contribution in [3.05, 3.63) is 182 Å². The minimum absolute atomic E-state index is 0.114. The first-order chi connectivity index (χ1) is 38.5. The normalized spacial score (nSPS) is 13.4. The Balaban J connectivity index is 4.39. The van der Waals surface area contributed by atoms with Crippen LogP contribution in [0.5, 0.6) is 0 Å². The summed E-state index contributed by atoms with van der Waals surface area (Å²) in [5.41, 5.74) is 0. The van der Waals surface area contributed by atoms with Gasteiger partial charge < -0.3 is 14.2 Å². The monoisotopic (exact) mass is 1070 g/mol. The Labute approximate surface area is 478 Å². The fourth-order valence-electron chi connectivity index (χ4n) is 7.61. The molecule has 6 heteroatoms. The van der Waals surface area contributed by atoms with Crippen molar-refractivity contribution < 1.29 is 28.6 Å². The van der Waals surface area contributed by atoms with E-state index in [4.69, 9.17) is 14.2 Å². The van der Waals surface area contributed by atoms with E-state index in [1.165, 1.54) is 32.1 Å². The Morgan fingerprint density at radius 2 is 0.500 bits per heavy atom. The maximum atomic E-state index is 12.8. The first-order valence-corrected chi connectivity index (χ1v) is 30.8. The van der Waals surface area contributed by atoms with Gasteiger partial charge in [0.05, 0.1) is 0 Å². The van der Waals surface area contributed by atoms with Crippen LogP contribution in [0.1, 0.15) is 233 Å². The van der Waals surface area contributed by atoms with Crippen LogP contribution in [0.15, 0.2) is 182 Å². The zero-order chi connectivity index (χ0) is 56.4. The standard InChI is InChI=1S/C72H110O6/c1-4-7-10-13-16-19-21-23-25-27-29-31-32-33-34-35-36-37-38-39-40-42-43-45-47-49-51-53-56-59-62-65-71(74)77-68-69(67-76-70(73)64-61-58-55-18-15-12-9-6-3)78-72(75)66-63-60-57-54-52-50-48-46-44-41-30-28-26-24-22-20-17-14-11-8-5-2/h7-8,10-11,16-17,19-20,23-26,29-31,33-34,36-37,39-41,43,45-46,48-49,51-52,54,69H,4-6,9,12-15,18,21-22,27-28,32,35,38,42,44,47,50,53,55-68H2,1-3H3/b10-7-,11-8-,19-16-,20-17-,25-23-,26-24-,31-29-,34-33-,37-36-,40-39-,41-30-,45-43-,48-46-,51-49-,54-52-. The van der Waals surface area contributed by atoms with Crippen LogP contribution in [0.3, 0.4) is 0 Å². The molecule has 0 bridgehead atoms. The molecule has 0 radical (unpaired) electrons. The molecule has 0 spiro atoms. The number of esters is 3. The van der Waals surface area contributed by atoms with Crippen LogP contribution >= 0.6 is 0 Å². The molecule has 0 saturated carbocycles. The highest BCUT2D eigenvalue weighted by Crippen LogP contribution is 2.12. The van der Waals surface area contributed by atoms with Crippen molar-refractivity contribution in [2.45, 2.75) is 239 Å². The van der Waals surface area contributed by atoms with Crippen LogP contribution in [0.25, 0.3) is 0 Å². The van der Waals surface area contributed by atoms with E-state index in [1.807, 2.05) is 0 Å². The zero-order valence-electron chi connectivity index (χ0n) is 49.6. The molecule has 0 aromatic carbocycles. The predicted molar refractivity (Wildman–Crippen MR) is 338 cm³/mol. The fraction of sp³-hybridized carbons (Fsp3) is 0.542. The second kappa shape index (κ2) is 64.0. The highest BCUT2D eigenvalue weighted by Gasteiger charge is 2.19. The Morgan fingerprint density at radius 1 is 0.269 bits per heavy atom. The molecule has 0 heterocycles. The third-order valence-corrected chi connectivity index (χ3v) is 12.2. The van der Waals surface area contributed by atoms with Gasteiger partial charge in [-0.05, 0) is 141 Å². The molecule has 0 rings (SSSR count). The van der Waals surface area contributed by atoms with Gasteiger partial charge in [-0.15, -0.1) is 0 Å². The number of carbonyl (C=O) groups is 3. The average molecular weight is 1070 g/mol. The summed E-state index contributed by atoms with van der Waals surface area (Å²) in [5, 5.41) is 0. The first-order valence-electron chi connectivity index (χ1n) is 30.8. The summed E-state index contributed by atoms with van der Waals surface area (Å²) in [4.78, 5) is 38.1. The van der Waals surface area contributed by atoms with E-state index in [-0.39, 0.29) is 37.5 Å². The number of carbonyl (C=O) groups excluding carboxylic acids is 3. The third kappa shape index (κ3) is 61.4. The lowest BCUT2D eigenvalue weighted by Crippen LogP contribution is -2.30. The van der Waals surface area contributed by atoms with Gasteiger partial charge in [0.25, 0.3) is 0 Å². The Morgan fingerprint density at radius 3 is 0.808 bits per heavy atom. The van der Waals surface area contributed by atoms with Gasteiger partial charge in [-0.1, -0.05) is 254 Å². The van der Waals surface area contributed by atoms with E-state index in [2.05, 4.69) is 203 Å². The lowest BCUT2D eigenvalue weighted by atomic mass is 10.1. The van der Waals surface area contributed by atoms with Gasteiger partial charge in [-0.3, -0.25) is 14.4 Å². The molecule has 6 nitrogen and oxygen atoms in total. The number of hydrogen-bond donors (Lipinski definition) is 0. The van der Waals surface area contributed by atoms with E-state index < -0.39 is 6.10 Å². The molecule has 0 aliphatic carbocycles. The van der Waals surface area contributed by atoms with E-state index in [0.717, 1.165) is 154 Å². The summed E-state index contributed by atoms with van der Waals surface area (Å²) in [6, 6.07) is 0. The van der Waals surface area contributed by atoms with Crippen molar-refractivity contribution in [2.75, 3.05) is 13.2 Å². The Hall–Kier alpha value is -5.49. The highest BCUT2D eigenvalue weighted by atomic mass is 16.6. The lowest BCUT2D eigenvalue weighted by Gasteiger charge is -2.18. The molecule has 0 aliphatic heterocycles. The largest absolute Gasteiger partial charge is 0.462 e.